The van der Waals surface area contributed by atoms with E-state index in [1.807, 2.05) is 0 Å². The van der Waals surface area contributed by atoms with E-state index in [1.165, 1.54) is 0 Å². The van der Waals surface area contributed by atoms with Crippen LogP contribution in [0.25, 0.3) is 0 Å². The van der Waals surface area contributed by atoms with E-state index in [0.717, 1.165) is 38.9 Å². The summed E-state index contributed by atoms with van der Waals surface area (Å²) in [7, 11) is 1.69. The minimum atomic E-state index is -0.242. The minimum absolute atomic E-state index is 0.242. The summed E-state index contributed by atoms with van der Waals surface area (Å²) in [6, 6.07) is 0. The van der Waals surface area contributed by atoms with E-state index < -0.39 is 0 Å². The number of aliphatic hydroxyl groups excluding tert-OH is 1. The Kier molecular flexibility index (Phi) is 5.45. The fourth-order valence-corrected chi connectivity index (χ4v) is 1.83. The topological polar surface area (TPSA) is 38.7 Å². The van der Waals surface area contributed by atoms with Gasteiger partial charge in [0.25, 0.3) is 0 Å². The molecule has 3 atom stereocenters. The summed E-state index contributed by atoms with van der Waals surface area (Å²) >= 11 is 0. The molecular formula is C11H22O3. The van der Waals surface area contributed by atoms with Crippen molar-refractivity contribution in [1.29, 1.82) is 0 Å². The largest absolute Gasteiger partial charge is 0.393 e. The molecule has 1 aliphatic heterocycles. The van der Waals surface area contributed by atoms with E-state index in [0.29, 0.717) is 5.92 Å². The molecule has 3 heteroatoms. The summed E-state index contributed by atoms with van der Waals surface area (Å²) in [5.74, 6) is 0.305. The zero-order chi connectivity index (χ0) is 10.4. The molecule has 1 rings (SSSR count). The maximum atomic E-state index is 9.87. The molecule has 0 aromatic carbocycles. The predicted molar refractivity (Wildman–Crippen MR) is 55.3 cm³/mol. The van der Waals surface area contributed by atoms with Gasteiger partial charge < -0.3 is 14.6 Å². The smallest absolute Gasteiger partial charge is 0.0600 e. The molecule has 0 aromatic rings. The van der Waals surface area contributed by atoms with Crippen LogP contribution in [0, 0.1) is 5.92 Å². The average Bonchev–Trinajstić information content (AvgIpc) is 2.66. The molecular weight excluding hydrogens is 180 g/mol. The van der Waals surface area contributed by atoms with Gasteiger partial charge in [0.2, 0.25) is 0 Å². The van der Waals surface area contributed by atoms with E-state index in [9.17, 15) is 5.11 Å². The van der Waals surface area contributed by atoms with Crippen LogP contribution in [-0.4, -0.2) is 37.6 Å². The molecule has 14 heavy (non-hydrogen) atoms. The van der Waals surface area contributed by atoms with Gasteiger partial charge in [-0.3, -0.25) is 0 Å². The first kappa shape index (κ1) is 12.0. The molecule has 1 aliphatic rings. The summed E-state index contributed by atoms with van der Waals surface area (Å²) in [6.07, 6.45) is 4.00. The first-order valence-electron chi connectivity index (χ1n) is 5.52. The summed E-state index contributed by atoms with van der Waals surface area (Å²) in [6.45, 7) is 3.66. The zero-order valence-electron chi connectivity index (χ0n) is 9.24. The molecule has 0 bridgehead atoms. The Morgan fingerprint density at radius 1 is 1.57 bits per heavy atom. The van der Waals surface area contributed by atoms with Crippen molar-refractivity contribution in [2.45, 2.75) is 44.8 Å². The lowest BCUT2D eigenvalue weighted by Gasteiger charge is -2.21. The predicted octanol–water partition coefficient (Wildman–Crippen LogP) is 1.59. The van der Waals surface area contributed by atoms with Crippen molar-refractivity contribution in [2.24, 2.45) is 5.92 Å². The van der Waals surface area contributed by atoms with Crippen LogP contribution in [0.3, 0.4) is 0 Å². The Bertz CT molecular complexity index is 143. The van der Waals surface area contributed by atoms with Crippen molar-refractivity contribution in [3.05, 3.63) is 0 Å². The summed E-state index contributed by atoms with van der Waals surface area (Å²) in [5.41, 5.74) is 0. The first-order valence-corrected chi connectivity index (χ1v) is 5.52. The highest BCUT2D eigenvalue weighted by molar-refractivity contribution is 4.73. The number of rotatable bonds is 6. The molecule has 3 nitrogen and oxygen atoms in total. The van der Waals surface area contributed by atoms with Crippen molar-refractivity contribution in [1.82, 2.24) is 0 Å². The van der Waals surface area contributed by atoms with Gasteiger partial charge in [0.1, 0.15) is 0 Å². The van der Waals surface area contributed by atoms with Gasteiger partial charge in [-0.05, 0) is 31.6 Å². The molecule has 0 radical (unpaired) electrons. The van der Waals surface area contributed by atoms with Crippen LogP contribution in [0.2, 0.25) is 0 Å². The van der Waals surface area contributed by atoms with Crippen molar-refractivity contribution in [2.75, 3.05) is 20.3 Å². The van der Waals surface area contributed by atoms with Gasteiger partial charge in [0.05, 0.1) is 12.2 Å². The quantitative estimate of drug-likeness (QED) is 0.711. The van der Waals surface area contributed by atoms with Crippen LogP contribution in [0.15, 0.2) is 0 Å². The Morgan fingerprint density at radius 2 is 2.36 bits per heavy atom. The summed E-state index contributed by atoms with van der Waals surface area (Å²) in [4.78, 5) is 0. The Hall–Kier alpha value is -0.120. The standard InChI is InChI=1S/C11H22O3/c1-9(5-7-13-2)11(12)8-10-4-3-6-14-10/h9-12H,3-8H2,1-2H3. The molecule has 0 amide bonds. The maximum absolute atomic E-state index is 9.87. The van der Waals surface area contributed by atoms with Crippen LogP contribution in [0.5, 0.6) is 0 Å². The maximum Gasteiger partial charge on any atom is 0.0600 e. The number of methoxy groups -OCH3 is 1. The van der Waals surface area contributed by atoms with Crippen LogP contribution < -0.4 is 0 Å². The molecule has 84 valence electrons. The molecule has 0 aliphatic carbocycles. The lowest BCUT2D eigenvalue weighted by Crippen LogP contribution is -2.24. The van der Waals surface area contributed by atoms with Gasteiger partial charge in [-0.15, -0.1) is 0 Å². The second kappa shape index (κ2) is 6.38. The molecule has 0 aromatic heterocycles. The van der Waals surface area contributed by atoms with Gasteiger partial charge in [0.15, 0.2) is 0 Å². The molecule has 1 heterocycles. The molecule has 1 N–H and O–H groups in total. The van der Waals surface area contributed by atoms with Crippen molar-refractivity contribution >= 4 is 0 Å². The van der Waals surface area contributed by atoms with Gasteiger partial charge in [-0.2, -0.15) is 0 Å². The number of ether oxygens (including phenoxy) is 2. The SMILES string of the molecule is COCCC(C)C(O)CC1CCCO1. The highest BCUT2D eigenvalue weighted by Gasteiger charge is 2.22. The fourth-order valence-electron chi connectivity index (χ4n) is 1.83. The van der Waals surface area contributed by atoms with Crippen LogP contribution in [0.4, 0.5) is 0 Å². The first-order chi connectivity index (χ1) is 6.74. The Balaban J connectivity index is 2.15. The third-order valence-corrected chi connectivity index (χ3v) is 2.96. The highest BCUT2D eigenvalue weighted by atomic mass is 16.5. The van der Waals surface area contributed by atoms with Gasteiger partial charge in [-0.1, -0.05) is 6.92 Å². The normalized spacial score (nSPS) is 26.4. The average molecular weight is 202 g/mol. The van der Waals surface area contributed by atoms with Gasteiger partial charge >= 0.3 is 0 Å². The number of hydrogen-bond donors (Lipinski definition) is 1. The van der Waals surface area contributed by atoms with Crippen LogP contribution >= 0.6 is 0 Å². The van der Waals surface area contributed by atoms with Gasteiger partial charge in [0, 0.05) is 20.3 Å². The molecule has 0 saturated carbocycles. The van der Waals surface area contributed by atoms with E-state index in [4.69, 9.17) is 9.47 Å². The van der Waals surface area contributed by atoms with Crippen LogP contribution in [0.1, 0.15) is 32.6 Å². The second-order valence-corrected chi connectivity index (χ2v) is 4.20. The highest BCUT2D eigenvalue weighted by Crippen LogP contribution is 2.21. The zero-order valence-corrected chi connectivity index (χ0v) is 9.24. The summed E-state index contributed by atoms with van der Waals surface area (Å²) < 4.78 is 10.5. The third kappa shape index (κ3) is 3.95. The van der Waals surface area contributed by atoms with Crippen molar-refractivity contribution in [3.63, 3.8) is 0 Å². The Labute approximate surface area is 86.4 Å². The van der Waals surface area contributed by atoms with E-state index in [2.05, 4.69) is 6.92 Å². The monoisotopic (exact) mass is 202 g/mol. The van der Waals surface area contributed by atoms with E-state index >= 15 is 0 Å². The lowest BCUT2D eigenvalue weighted by molar-refractivity contribution is 0.0232. The van der Waals surface area contributed by atoms with E-state index in [1.54, 1.807) is 7.11 Å². The Morgan fingerprint density at radius 3 is 2.93 bits per heavy atom. The van der Waals surface area contributed by atoms with Crippen LogP contribution in [-0.2, 0) is 9.47 Å². The van der Waals surface area contributed by atoms with Gasteiger partial charge in [-0.25, -0.2) is 0 Å². The molecule has 0 spiro atoms. The minimum Gasteiger partial charge on any atom is -0.393 e. The van der Waals surface area contributed by atoms with E-state index in [-0.39, 0.29) is 12.2 Å². The molecule has 1 fully saturated rings. The fraction of sp³-hybridized carbons (Fsp3) is 1.00. The van der Waals surface area contributed by atoms with Crippen molar-refractivity contribution in [3.8, 4) is 0 Å². The lowest BCUT2D eigenvalue weighted by atomic mass is 9.95. The molecule has 1 saturated heterocycles. The number of hydrogen-bond acceptors (Lipinski definition) is 3. The number of aliphatic hydroxyl groups is 1. The molecule has 3 unspecified atom stereocenters. The summed E-state index contributed by atoms with van der Waals surface area (Å²) in [5, 5.41) is 9.87. The third-order valence-electron chi connectivity index (χ3n) is 2.96. The second-order valence-electron chi connectivity index (χ2n) is 4.20. The van der Waals surface area contributed by atoms with Crippen molar-refractivity contribution < 1.29 is 14.6 Å².